The Balaban J connectivity index is 2.25. The Morgan fingerprint density at radius 3 is 2.81 bits per heavy atom. The highest BCUT2D eigenvalue weighted by atomic mass is 79.9. The Hall–Kier alpha value is -1.04. The molecule has 1 unspecified atom stereocenters. The Kier molecular flexibility index (Phi) is 4.96. The van der Waals surface area contributed by atoms with Gasteiger partial charge >= 0.3 is 6.09 Å². The Morgan fingerprint density at radius 1 is 1.48 bits per heavy atom. The molecule has 118 valence electrons. The number of aromatic nitrogens is 2. The zero-order chi connectivity index (χ0) is 15.6. The second-order valence-electron chi connectivity index (χ2n) is 6.39. The first-order valence-electron chi connectivity index (χ1n) is 7.55. The van der Waals surface area contributed by atoms with Gasteiger partial charge in [0.1, 0.15) is 11.8 Å². The quantitative estimate of drug-likeness (QED) is 0.799. The summed E-state index contributed by atoms with van der Waals surface area (Å²) in [5.41, 5.74) is 0.646. The van der Waals surface area contributed by atoms with Crippen LogP contribution in [0.15, 0.2) is 10.7 Å². The highest BCUT2D eigenvalue weighted by Crippen LogP contribution is 2.30. The van der Waals surface area contributed by atoms with Gasteiger partial charge in [-0.05, 0) is 62.4 Å². The molecule has 0 spiro atoms. The number of halogens is 1. The van der Waals surface area contributed by atoms with Crippen molar-refractivity contribution in [2.45, 2.75) is 65.1 Å². The molecule has 0 saturated carbocycles. The molecule has 1 saturated heterocycles. The Bertz CT molecular complexity index is 508. The Labute approximate surface area is 134 Å². The lowest BCUT2D eigenvalue weighted by atomic mass is 10.1. The molecule has 5 nitrogen and oxygen atoms in total. The molecule has 1 aromatic heterocycles. The van der Waals surface area contributed by atoms with E-state index in [0.717, 1.165) is 42.4 Å². The summed E-state index contributed by atoms with van der Waals surface area (Å²) in [5, 5.41) is 4.46. The lowest BCUT2D eigenvalue weighted by Crippen LogP contribution is -2.44. The summed E-state index contributed by atoms with van der Waals surface area (Å²) < 4.78 is 8.51. The van der Waals surface area contributed by atoms with E-state index < -0.39 is 5.60 Å². The third kappa shape index (κ3) is 3.78. The average molecular weight is 358 g/mol. The van der Waals surface area contributed by atoms with Crippen LogP contribution in [0.5, 0.6) is 0 Å². The number of likely N-dealkylation sites (tertiary alicyclic amines) is 1. The minimum Gasteiger partial charge on any atom is -0.444 e. The maximum Gasteiger partial charge on any atom is 0.411 e. The molecule has 1 atom stereocenters. The monoisotopic (exact) mass is 357 g/mol. The molecule has 1 amide bonds. The number of rotatable bonds is 2. The summed E-state index contributed by atoms with van der Waals surface area (Å²) >= 11 is 3.53. The molecule has 1 aliphatic heterocycles. The zero-order valence-electron chi connectivity index (χ0n) is 13.2. The molecule has 2 heterocycles. The minimum atomic E-state index is -0.475. The lowest BCUT2D eigenvalue weighted by Gasteiger charge is -2.37. The van der Waals surface area contributed by atoms with Crippen molar-refractivity contribution in [3.8, 4) is 0 Å². The topological polar surface area (TPSA) is 47.4 Å². The Morgan fingerprint density at radius 2 is 2.19 bits per heavy atom. The van der Waals surface area contributed by atoms with Crippen LogP contribution in [0.2, 0.25) is 0 Å². The number of hydrogen-bond acceptors (Lipinski definition) is 3. The fourth-order valence-electron chi connectivity index (χ4n) is 2.66. The molecule has 0 aliphatic carbocycles. The predicted molar refractivity (Wildman–Crippen MR) is 85.1 cm³/mol. The van der Waals surface area contributed by atoms with Crippen molar-refractivity contribution >= 4 is 22.0 Å². The van der Waals surface area contributed by atoms with E-state index in [1.165, 1.54) is 0 Å². The number of piperidine rings is 1. The maximum absolute atomic E-state index is 12.5. The standard InChI is InChI=1S/C15H24BrN3O2/c1-5-12-11(16)10-17-19(12)13-8-6-7-9-18(13)14(20)21-15(2,3)4/h10,13H,5-9H2,1-4H3. The number of amides is 1. The van der Waals surface area contributed by atoms with Gasteiger partial charge in [-0.2, -0.15) is 5.10 Å². The van der Waals surface area contributed by atoms with Gasteiger partial charge in [0.25, 0.3) is 0 Å². The molecular weight excluding hydrogens is 334 g/mol. The van der Waals surface area contributed by atoms with E-state index in [2.05, 4.69) is 28.0 Å². The number of carbonyl (C=O) groups excluding carboxylic acids is 1. The van der Waals surface area contributed by atoms with Crippen LogP contribution in [0.4, 0.5) is 4.79 Å². The largest absolute Gasteiger partial charge is 0.444 e. The van der Waals surface area contributed by atoms with Crippen LogP contribution >= 0.6 is 15.9 Å². The minimum absolute atomic E-state index is 0.0464. The summed E-state index contributed by atoms with van der Waals surface area (Å²) in [5.74, 6) is 0. The fraction of sp³-hybridized carbons (Fsp3) is 0.733. The molecule has 21 heavy (non-hydrogen) atoms. The van der Waals surface area contributed by atoms with E-state index in [9.17, 15) is 4.79 Å². The second kappa shape index (κ2) is 6.38. The summed E-state index contributed by atoms with van der Waals surface area (Å²) in [6, 6.07) is 0. The van der Waals surface area contributed by atoms with Crippen molar-refractivity contribution in [2.75, 3.05) is 6.54 Å². The highest BCUT2D eigenvalue weighted by molar-refractivity contribution is 9.10. The van der Waals surface area contributed by atoms with E-state index in [-0.39, 0.29) is 12.3 Å². The maximum atomic E-state index is 12.5. The second-order valence-corrected chi connectivity index (χ2v) is 7.24. The summed E-state index contributed by atoms with van der Waals surface area (Å²) in [7, 11) is 0. The number of nitrogens with zero attached hydrogens (tertiary/aromatic N) is 3. The molecule has 0 aromatic carbocycles. The van der Waals surface area contributed by atoms with Crippen LogP contribution in [0.25, 0.3) is 0 Å². The lowest BCUT2D eigenvalue weighted by molar-refractivity contribution is -0.00395. The molecule has 1 aliphatic rings. The first-order valence-corrected chi connectivity index (χ1v) is 8.34. The number of hydrogen-bond donors (Lipinski definition) is 0. The van der Waals surface area contributed by atoms with Gasteiger partial charge < -0.3 is 4.74 Å². The van der Waals surface area contributed by atoms with Gasteiger partial charge in [0.15, 0.2) is 0 Å². The SMILES string of the molecule is CCc1c(Br)cnn1C1CCCCN1C(=O)OC(C)(C)C. The molecule has 0 N–H and O–H groups in total. The van der Waals surface area contributed by atoms with E-state index >= 15 is 0 Å². The number of carbonyl (C=O) groups is 1. The van der Waals surface area contributed by atoms with Crippen LogP contribution in [0.1, 0.15) is 58.8 Å². The molecule has 1 fully saturated rings. The molecule has 0 bridgehead atoms. The zero-order valence-corrected chi connectivity index (χ0v) is 14.8. The van der Waals surface area contributed by atoms with Crippen LogP contribution < -0.4 is 0 Å². The van der Waals surface area contributed by atoms with Gasteiger partial charge in [0.05, 0.1) is 16.4 Å². The predicted octanol–water partition coefficient (Wildman–Crippen LogP) is 4.13. The molecule has 1 aromatic rings. The van der Waals surface area contributed by atoms with Crippen molar-refractivity contribution < 1.29 is 9.53 Å². The summed E-state index contributed by atoms with van der Waals surface area (Å²) in [6.07, 6.45) is 5.42. The van der Waals surface area contributed by atoms with Gasteiger partial charge in [-0.15, -0.1) is 0 Å². The van der Waals surface area contributed by atoms with E-state index in [1.807, 2.05) is 30.4 Å². The summed E-state index contributed by atoms with van der Waals surface area (Å²) in [6.45, 7) is 8.50. The fourth-order valence-corrected chi connectivity index (χ4v) is 3.21. The van der Waals surface area contributed by atoms with Crippen LogP contribution in [-0.4, -0.2) is 32.9 Å². The normalized spacial score (nSPS) is 19.7. The first-order chi connectivity index (χ1) is 9.83. The molecule has 2 rings (SSSR count). The summed E-state index contributed by atoms with van der Waals surface area (Å²) in [4.78, 5) is 14.3. The van der Waals surface area contributed by atoms with Crippen molar-refractivity contribution in [2.24, 2.45) is 0 Å². The third-order valence-electron chi connectivity index (χ3n) is 3.56. The molecule has 6 heteroatoms. The van der Waals surface area contributed by atoms with Crippen molar-refractivity contribution in [1.82, 2.24) is 14.7 Å². The van der Waals surface area contributed by atoms with Crippen LogP contribution in [0.3, 0.4) is 0 Å². The van der Waals surface area contributed by atoms with Crippen LogP contribution in [-0.2, 0) is 11.2 Å². The van der Waals surface area contributed by atoms with Crippen molar-refractivity contribution in [3.05, 3.63) is 16.4 Å². The van der Waals surface area contributed by atoms with Crippen LogP contribution in [0, 0.1) is 0 Å². The third-order valence-corrected chi connectivity index (χ3v) is 4.23. The van der Waals surface area contributed by atoms with Crippen molar-refractivity contribution in [3.63, 3.8) is 0 Å². The van der Waals surface area contributed by atoms with Gasteiger partial charge in [-0.3, -0.25) is 4.90 Å². The van der Waals surface area contributed by atoms with E-state index in [0.29, 0.717) is 0 Å². The molecular formula is C15H24BrN3O2. The smallest absolute Gasteiger partial charge is 0.411 e. The van der Waals surface area contributed by atoms with Gasteiger partial charge in [0, 0.05) is 6.54 Å². The number of ether oxygens (including phenoxy) is 1. The first kappa shape index (κ1) is 16.3. The van der Waals surface area contributed by atoms with E-state index in [4.69, 9.17) is 4.74 Å². The molecule has 0 radical (unpaired) electrons. The highest BCUT2D eigenvalue weighted by Gasteiger charge is 2.33. The average Bonchev–Trinajstić information content (AvgIpc) is 2.77. The van der Waals surface area contributed by atoms with Gasteiger partial charge in [-0.25, -0.2) is 9.48 Å². The van der Waals surface area contributed by atoms with Crippen molar-refractivity contribution in [1.29, 1.82) is 0 Å². The van der Waals surface area contributed by atoms with Gasteiger partial charge in [0.2, 0.25) is 0 Å². The van der Waals surface area contributed by atoms with Gasteiger partial charge in [-0.1, -0.05) is 6.92 Å². The van der Waals surface area contributed by atoms with E-state index in [1.54, 1.807) is 6.20 Å².